The summed E-state index contributed by atoms with van der Waals surface area (Å²) in [4.78, 5) is 45.9. The highest BCUT2D eigenvalue weighted by atomic mass is 32.2. The van der Waals surface area contributed by atoms with E-state index in [-0.39, 0.29) is 15.6 Å². The second kappa shape index (κ2) is 8.73. The number of amides is 2. The van der Waals surface area contributed by atoms with Gasteiger partial charge >= 0.3 is 11.9 Å². The van der Waals surface area contributed by atoms with Crippen LogP contribution in [0.25, 0.3) is 6.08 Å². The first-order valence-electron chi connectivity index (χ1n) is 7.47. The van der Waals surface area contributed by atoms with Crippen LogP contribution in [0.4, 0.5) is 4.39 Å². The number of benzene rings is 1. The summed E-state index contributed by atoms with van der Waals surface area (Å²) in [6.45, 7) is 0. The van der Waals surface area contributed by atoms with E-state index in [1.54, 1.807) is 0 Å². The van der Waals surface area contributed by atoms with E-state index in [4.69, 9.17) is 22.4 Å². The number of carbonyl (C=O) groups excluding carboxylic acids is 2. The second-order valence-corrected chi connectivity index (χ2v) is 7.11. The van der Waals surface area contributed by atoms with Crippen molar-refractivity contribution in [1.29, 1.82) is 0 Å². The number of aliphatic carboxylic acids is 2. The van der Waals surface area contributed by atoms with Crippen molar-refractivity contribution in [3.63, 3.8) is 0 Å². The molecule has 0 aliphatic carbocycles. The Bertz CT molecular complexity index is 870. The van der Waals surface area contributed by atoms with Crippen LogP contribution in [-0.4, -0.2) is 44.3 Å². The summed E-state index contributed by atoms with van der Waals surface area (Å²) >= 11 is 5.88. The van der Waals surface area contributed by atoms with Crippen molar-refractivity contribution in [1.82, 2.24) is 10.6 Å². The molecule has 0 saturated carbocycles. The fourth-order valence-corrected chi connectivity index (χ4v) is 3.18. The third-order valence-electron chi connectivity index (χ3n) is 3.43. The average Bonchev–Trinajstić information content (AvgIpc) is 2.89. The first-order valence-corrected chi connectivity index (χ1v) is 8.69. The predicted molar refractivity (Wildman–Crippen MR) is 98.5 cm³/mol. The molecule has 2 rings (SSSR count). The number of rotatable bonds is 7. The van der Waals surface area contributed by atoms with E-state index in [0.717, 1.165) is 23.9 Å². The molecular weight excluding hydrogens is 399 g/mol. The summed E-state index contributed by atoms with van der Waals surface area (Å²) in [5, 5.41) is 22.2. The van der Waals surface area contributed by atoms with Gasteiger partial charge in [0.25, 0.3) is 11.8 Å². The lowest BCUT2D eigenvalue weighted by Gasteiger charge is -2.14. The summed E-state index contributed by atoms with van der Waals surface area (Å²) in [5.74, 6) is -4.98. The van der Waals surface area contributed by atoms with Gasteiger partial charge in [0.15, 0.2) is 0 Å². The van der Waals surface area contributed by atoms with Gasteiger partial charge in [-0.05, 0) is 30.2 Å². The van der Waals surface area contributed by atoms with Crippen LogP contribution in [0, 0.1) is 5.82 Å². The number of halogens is 1. The van der Waals surface area contributed by atoms with Crippen LogP contribution in [0.2, 0.25) is 0 Å². The van der Waals surface area contributed by atoms with Crippen molar-refractivity contribution >= 4 is 58.1 Å². The topological polar surface area (TPSA) is 133 Å². The van der Waals surface area contributed by atoms with Crippen molar-refractivity contribution in [3.05, 3.63) is 40.0 Å². The van der Waals surface area contributed by atoms with Crippen LogP contribution >= 0.6 is 24.0 Å². The van der Waals surface area contributed by atoms with E-state index in [0.29, 0.717) is 5.56 Å². The molecule has 8 nitrogen and oxygen atoms in total. The van der Waals surface area contributed by atoms with Crippen molar-refractivity contribution in [2.45, 2.75) is 18.9 Å². The molecule has 1 saturated heterocycles. The number of thiocarbonyl (C=S) groups is 1. The molecule has 4 N–H and O–H groups in total. The summed E-state index contributed by atoms with van der Waals surface area (Å²) in [6.07, 6.45) is 0.586. The maximum Gasteiger partial charge on any atom is 0.326 e. The van der Waals surface area contributed by atoms with Gasteiger partial charge in [-0.2, -0.15) is 0 Å². The monoisotopic (exact) mass is 412 g/mol. The van der Waals surface area contributed by atoms with Crippen LogP contribution in [0.3, 0.4) is 0 Å². The van der Waals surface area contributed by atoms with E-state index in [1.165, 1.54) is 12.1 Å². The lowest BCUT2D eigenvalue weighted by atomic mass is 10.1. The zero-order valence-corrected chi connectivity index (χ0v) is 15.2. The van der Waals surface area contributed by atoms with Gasteiger partial charge in [-0.1, -0.05) is 30.0 Å². The van der Waals surface area contributed by atoms with E-state index < -0.39 is 47.6 Å². The Morgan fingerprint density at radius 1 is 1.33 bits per heavy atom. The molecule has 11 heteroatoms. The molecule has 1 aliphatic rings. The summed E-state index contributed by atoms with van der Waals surface area (Å²) in [5.41, 5.74) is -0.0989. The number of carbonyl (C=O) groups is 4. The van der Waals surface area contributed by atoms with Gasteiger partial charge in [-0.15, -0.1) is 0 Å². The highest BCUT2D eigenvalue weighted by Gasteiger charge is 2.24. The van der Waals surface area contributed by atoms with Crippen molar-refractivity contribution in [2.24, 2.45) is 0 Å². The van der Waals surface area contributed by atoms with Crippen LogP contribution in [0.1, 0.15) is 28.8 Å². The zero-order chi connectivity index (χ0) is 20.1. The molecule has 1 aromatic carbocycles. The molecule has 1 aliphatic heterocycles. The maximum absolute atomic E-state index is 14.0. The Balaban J connectivity index is 2.21. The molecule has 142 valence electrons. The third kappa shape index (κ3) is 5.59. The fourth-order valence-electron chi connectivity index (χ4n) is 2.14. The molecule has 1 fully saturated rings. The lowest BCUT2D eigenvalue weighted by molar-refractivity contribution is -0.140. The van der Waals surface area contributed by atoms with E-state index in [9.17, 15) is 23.6 Å². The van der Waals surface area contributed by atoms with E-state index in [2.05, 4.69) is 10.6 Å². The van der Waals surface area contributed by atoms with Crippen molar-refractivity contribution in [2.75, 3.05) is 0 Å². The second-order valence-electron chi connectivity index (χ2n) is 5.39. The lowest BCUT2D eigenvalue weighted by Crippen LogP contribution is -2.41. The summed E-state index contributed by atoms with van der Waals surface area (Å²) < 4.78 is 14.3. The zero-order valence-electron chi connectivity index (χ0n) is 13.5. The number of hydrogen-bond acceptors (Lipinski definition) is 6. The van der Waals surface area contributed by atoms with Crippen LogP contribution in [0.5, 0.6) is 0 Å². The van der Waals surface area contributed by atoms with Gasteiger partial charge < -0.3 is 20.8 Å². The first kappa shape index (κ1) is 20.5. The van der Waals surface area contributed by atoms with Crippen LogP contribution < -0.4 is 10.6 Å². The Hall–Kier alpha value is -2.79. The third-order valence-corrected chi connectivity index (χ3v) is 4.59. The highest BCUT2D eigenvalue weighted by Crippen LogP contribution is 2.26. The fraction of sp³-hybridized carbons (Fsp3) is 0.188. The predicted octanol–water partition coefficient (Wildman–Crippen LogP) is 1.36. The molecule has 2 amide bonds. The molecule has 27 heavy (non-hydrogen) atoms. The number of thioether (sulfide) groups is 1. The molecule has 1 atom stereocenters. The normalized spacial score (nSPS) is 16.1. The van der Waals surface area contributed by atoms with Gasteiger partial charge in [0, 0.05) is 6.42 Å². The molecule has 1 heterocycles. The largest absolute Gasteiger partial charge is 0.481 e. The van der Waals surface area contributed by atoms with Crippen LogP contribution in [-0.2, 0) is 14.4 Å². The Labute approximate surface area is 161 Å². The molecule has 0 radical (unpaired) electrons. The summed E-state index contributed by atoms with van der Waals surface area (Å²) in [7, 11) is 0. The first-order chi connectivity index (χ1) is 12.7. The molecule has 0 bridgehead atoms. The van der Waals surface area contributed by atoms with Gasteiger partial charge in [0.05, 0.1) is 10.5 Å². The Morgan fingerprint density at radius 2 is 2.04 bits per heavy atom. The van der Waals surface area contributed by atoms with E-state index in [1.807, 2.05) is 0 Å². The van der Waals surface area contributed by atoms with Crippen molar-refractivity contribution in [3.8, 4) is 0 Å². The average molecular weight is 412 g/mol. The van der Waals surface area contributed by atoms with E-state index >= 15 is 0 Å². The number of nitrogens with one attached hydrogen (secondary N) is 2. The summed E-state index contributed by atoms with van der Waals surface area (Å²) in [6, 6.07) is 2.02. The smallest absolute Gasteiger partial charge is 0.326 e. The van der Waals surface area contributed by atoms with Crippen molar-refractivity contribution < 1.29 is 33.8 Å². The number of hydrogen-bond donors (Lipinski definition) is 4. The molecule has 0 spiro atoms. The molecule has 0 unspecified atom stereocenters. The minimum absolute atomic E-state index is 0.267. The quantitative estimate of drug-likeness (QED) is 0.390. The minimum Gasteiger partial charge on any atom is -0.481 e. The molecular formula is C16H13FN2O6S2. The standard InChI is InChI=1S/C16H13FN2O6S2/c17-9-2-1-7(6-11-14(23)19-16(26)27-11)5-8(9)13(22)18-10(15(24)25)3-4-12(20)21/h1-2,5-6,10H,3-4H2,(H,18,22)(H,20,21)(H,24,25)(H,19,23,26)/b11-6-/t10-/m1/s1. The van der Waals surface area contributed by atoms with Crippen LogP contribution in [0.15, 0.2) is 23.1 Å². The van der Waals surface area contributed by atoms with Gasteiger partial charge in [0.2, 0.25) is 0 Å². The molecule has 0 aromatic heterocycles. The minimum atomic E-state index is -1.48. The maximum atomic E-state index is 14.0. The number of carboxylic acids is 2. The molecule has 1 aromatic rings. The number of carboxylic acid groups (broad SMARTS) is 2. The van der Waals surface area contributed by atoms with Gasteiger partial charge in [-0.25, -0.2) is 9.18 Å². The Kier molecular flexibility index (Phi) is 6.64. The Morgan fingerprint density at radius 3 is 2.59 bits per heavy atom. The SMILES string of the molecule is O=C(O)CC[C@@H](NC(=O)c1cc(/C=C2\SC(=S)NC2=O)ccc1F)C(=O)O. The van der Waals surface area contributed by atoms with Gasteiger partial charge in [0.1, 0.15) is 16.2 Å². The van der Waals surface area contributed by atoms with Gasteiger partial charge in [-0.3, -0.25) is 14.4 Å². The highest BCUT2D eigenvalue weighted by molar-refractivity contribution is 8.26.